The highest BCUT2D eigenvalue weighted by molar-refractivity contribution is 7.13. The summed E-state index contributed by atoms with van der Waals surface area (Å²) >= 11 is 1.56. The minimum absolute atomic E-state index is 0.129. The van der Waals surface area contributed by atoms with Gasteiger partial charge >= 0.3 is 5.69 Å². The first-order valence-electron chi connectivity index (χ1n) is 9.43. The second-order valence-electron chi connectivity index (χ2n) is 6.70. The van der Waals surface area contributed by atoms with Crippen molar-refractivity contribution >= 4 is 17.2 Å². The molecule has 0 atom stereocenters. The second-order valence-corrected chi connectivity index (χ2v) is 7.64. The first-order chi connectivity index (χ1) is 14.2. The molecule has 4 rings (SSSR count). The molecule has 0 bridgehead atoms. The first-order valence-corrected chi connectivity index (χ1v) is 10.3. The van der Waals surface area contributed by atoms with E-state index >= 15 is 0 Å². The van der Waals surface area contributed by atoms with E-state index in [-0.39, 0.29) is 24.2 Å². The Hall–Kier alpha value is -3.07. The second kappa shape index (κ2) is 8.52. The number of rotatable bonds is 9. The maximum atomic E-state index is 12.7. The van der Waals surface area contributed by atoms with Crippen LogP contribution in [0.1, 0.15) is 18.9 Å². The zero-order valence-corrected chi connectivity index (χ0v) is 16.9. The maximum absolute atomic E-state index is 12.7. The summed E-state index contributed by atoms with van der Waals surface area (Å²) in [5.74, 6) is 1.51. The van der Waals surface area contributed by atoms with Gasteiger partial charge in [0.15, 0.2) is 23.9 Å². The van der Waals surface area contributed by atoms with Gasteiger partial charge in [-0.25, -0.2) is 9.48 Å². The molecule has 0 unspecified atom stereocenters. The summed E-state index contributed by atoms with van der Waals surface area (Å²) in [6, 6.07) is 11.3. The lowest BCUT2D eigenvalue weighted by Gasteiger charge is -2.10. The number of amides is 1. The molecule has 2 aromatic heterocycles. The summed E-state index contributed by atoms with van der Waals surface area (Å²) in [4.78, 5) is 25.8. The Morgan fingerprint density at radius 1 is 1.24 bits per heavy atom. The van der Waals surface area contributed by atoms with E-state index in [2.05, 4.69) is 10.4 Å². The lowest BCUT2D eigenvalue weighted by atomic mass is 10.3. The standard InChI is InChI=1S/C20H22N4O4S/c1-27-15-5-2-3-6-16(15)28-13-18(25)21-10-11-23-20(26)24(14-8-9-14)19(22-23)17-7-4-12-29-17/h2-7,12,14H,8-11,13H2,1H3,(H,21,25). The van der Waals surface area contributed by atoms with E-state index in [1.165, 1.54) is 4.68 Å². The van der Waals surface area contributed by atoms with Crippen LogP contribution in [0.2, 0.25) is 0 Å². The van der Waals surface area contributed by atoms with Crippen molar-refractivity contribution in [2.45, 2.75) is 25.4 Å². The number of aromatic nitrogens is 3. The van der Waals surface area contributed by atoms with Crippen LogP contribution in [0.4, 0.5) is 0 Å². The van der Waals surface area contributed by atoms with Crippen LogP contribution < -0.4 is 20.5 Å². The molecule has 0 aliphatic heterocycles. The van der Waals surface area contributed by atoms with Gasteiger partial charge in [-0.05, 0) is 36.4 Å². The maximum Gasteiger partial charge on any atom is 0.346 e. The first kappa shape index (κ1) is 19.3. The molecule has 1 saturated carbocycles. The third kappa shape index (κ3) is 4.34. The SMILES string of the molecule is COc1ccccc1OCC(=O)NCCn1nc(-c2cccs2)n(C2CC2)c1=O. The average Bonchev–Trinajstić information content (AvgIpc) is 3.31. The Kier molecular flexibility index (Phi) is 5.66. The highest BCUT2D eigenvalue weighted by Gasteiger charge is 2.30. The van der Waals surface area contributed by atoms with Crippen LogP contribution in [-0.4, -0.2) is 40.5 Å². The van der Waals surface area contributed by atoms with Crippen molar-refractivity contribution in [3.63, 3.8) is 0 Å². The number of hydrogen-bond acceptors (Lipinski definition) is 6. The molecule has 8 nitrogen and oxygen atoms in total. The van der Waals surface area contributed by atoms with E-state index in [4.69, 9.17) is 9.47 Å². The van der Waals surface area contributed by atoms with Gasteiger partial charge in [0.05, 0.1) is 18.5 Å². The van der Waals surface area contributed by atoms with Gasteiger partial charge in [0.1, 0.15) is 0 Å². The highest BCUT2D eigenvalue weighted by Crippen LogP contribution is 2.37. The number of para-hydroxylation sites is 2. The molecule has 1 fully saturated rings. The van der Waals surface area contributed by atoms with E-state index in [1.807, 2.05) is 29.6 Å². The van der Waals surface area contributed by atoms with Gasteiger partial charge in [-0.2, -0.15) is 0 Å². The predicted octanol–water partition coefficient (Wildman–Crippen LogP) is 2.31. The van der Waals surface area contributed by atoms with Crippen molar-refractivity contribution < 1.29 is 14.3 Å². The molecular weight excluding hydrogens is 392 g/mol. The third-order valence-electron chi connectivity index (χ3n) is 4.60. The van der Waals surface area contributed by atoms with E-state index in [0.717, 1.165) is 17.7 Å². The number of hydrogen-bond donors (Lipinski definition) is 1. The van der Waals surface area contributed by atoms with E-state index < -0.39 is 0 Å². The van der Waals surface area contributed by atoms with Crippen molar-refractivity contribution in [1.82, 2.24) is 19.7 Å². The molecule has 29 heavy (non-hydrogen) atoms. The molecule has 0 saturated heterocycles. The van der Waals surface area contributed by atoms with Crippen LogP contribution in [0.15, 0.2) is 46.6 Å². The minimum atomic E-state index is -0.274. The zero-order valence-electron chi connectivity index (χ0n) is 16.0. The molecule has 1 aromatic carbocycles. The monoisotopic (exact) mass is 414 g/mol. The molecule has 152 valence electrons. The summed E-state index contributed by atoms with van der Waals surface area (Å²) in [5.41, 5.74) is -0.129. The number of nitrogens with zero attached hydrogens (tertiary/aromatic N) is 3. The van der Waals surface area contributed by atoms with Crippen molar-refractivity contribution in [2.75, 3.05) is 20.3 Å². The smallest absolute Gasteiger partial charge is 0.346 e. The summed E-state index contributed by atoms with van der Waals surface area (Å²) < 4.78 is 13.9. The van der Waals surface area contributed by atoms with Crippen LogP contribution in [0.5, 0.6) is 11.5 Å². The Morgan fingerprint density at radius 3 is 2.72 bits per heavy atom. The summed E-state index contributed by atoms with van der Waals surface area (Å²) in [6.45, 7) is 0.461. The van der Waals surface area contributed by atoms with Gasteiger partial charge in [0.25, 0.3) is 5.91 Å². The quantitative estimate of drug-likeness (QED) is 0.581. The third-order valence-corrected chi connectivity index (χ3v) is 5.46. The number of carbonyl (C=O) groups excluding carboxylic acids is 1. The van der Waals surface area contributed by atoms with Crippen LogP contribution in [0.25, 0.3) is 10.7 Å². The van der Waals surface area contributed by atoms with Crippen LogP contribution >= 0.6 is 11.3 Å². The number of carbonyl (C=O) groups is 1. The molecule has 0 radical (unpaired) electrons. The van der Waals surface area contributed by atoms with E-state index in [9.17, 15) is 9.59 Å². The fourth-order valence-corrected chi connectivity index (χ4v) is 3.74. The summed E-state index contributed by atoms with van der Waals surface area (Å²) in [6.07, 6.45) is 2.00. The van der Waals surface area contributed by atoms with Crippen LogP contribution in [-0.2, 0) is 11.3 Å². The predicted molar refractivity (Wildman–Crippen MR) is 110 cm³/mol. The lowest BCUT2D eigenvalue weighted by Crippen LogP contribution is -2.34. The van der Waals surface area contributed by atoms with Gasteiger partial charge in [0, 0.05) is 12.6 Å². The highest BCUT2D eigenvalue weighted by atomic mass is 32.1. The Morgan fingerprint density at radius 2 is 2.03 bits per heavy atom. The number of thiophene rings is 1. The van der Waals surface area contributed by atoms with E-state index in [0.29, 0.717) is 30.4 Å². The van der Waals surface area contributed by atoms with Crippen molar-refractivity contribution in [3.8, 4) is 22.2 Å². The lowest BCUT2D eigenvalue weighted by molar-refractivity contribution is -0.123. The topological polar surface area (TPSA) is 87.4 Å². The van der Waals surface area contributed by atoms with Gasteiger partial charge in [0.2, 0.25) is 0 Å². The largest absolute Gasteiger partial charge is 0.493 e. The van der Waals surface area contributed by atoms with Crippen LogP contribution in [0.3, 0.4) is 0 Å². The fraction of sp³-hybridized carbons (Fsp3) is 0.350. The summed E-state index contributed by atoms with van der Waals surface area (Å²) in [7, 11) is 1.55. The van der Waals surface area contributed by atoms with Gasteiger partial charge in [-0.3, -0.25) is 9.36 Å². The Bertz CT molecular complexity index is 1040. The molecule has 3 aromatic rings. The minimum Gasteiger partial charge on any atom is -0.493 e. The van der Waals surface area contributed by atoms with Gasteiger partial charge in [-0.1, -0.05) is 18.2 Å². The number of nitrogens with one attached hydrogen (secondary N) is 1. The number of ether oxygens (including phenoxy) is 2. The Labute approximate surface area is 171 Å². The molecule has 1 amide bonds. The van der Waals surface area contributed by atoms with Gasteiger partial charge in [-0.15, -0.1) is 16.4 Å². The molecular formula is C20H22N4O4S. The van der Waals surface area contributed by atoms with Crippen LogP contribution in [0, 0.1) is 0 Å². The van der Waals surface area contributed by atoms with Crippen molar-refractivity contribution in [3.05, 3.63) is 52.3 Å². The molecule has 9 heteroatoms. The zero-order chi connectivity index (χ0) is 20.2. The molecule has 0 spiro atoms. The molecule has 1 N–H and O–H groups in total. The average molecular weight is 414 g/mol. The molecule has 1 aliphatic rings. The fourth-order valence-electron chi connectivity index (χ4n) is 3.04. The molecule has 1 aliphatic carbocycles. The number of benzene rings is 1. The Balaban J connectivity index is 1.34. The van der Waals surface area contributed by atoms with Crippen molar-refractivity contribution in [2.24, 2.45) is 0 Å². The normalized spacial score (nSPS) is 13.3. The van der Waals surface area contributed by atoms with Crippen molar-refractivity contribution in [1.29, 1.82) is 0 Å². The summed E-state index contributed by atoms with van der Waals surface area (Å²) in [5, 5.41) is 9.24. The van der Waals surface area contributed by atoms with E-state index in [1.54, 1.807) is 35.1 Å². The van der Waals surface area contributed by atoms with Gasteiger partial charge < -0.3 is 14.8 Å². The number of methoxy groups -OCH3 is 1. The molecule has 2 heterocycles.